The highest BCUT2D eigenvalue weighted by atomic mass is 16.5. The number of hydrogen-bond donors (Lipinski definition) is 1. The number of carbonyl (C=O) groups is 1. The van der Waals surface area contributed by atoms with E-state index in [4.69, 9.17) is 9.47 Å². The fraction of sp³-hybridized carbons (Fsp3) is 0.455. The highest BCUT2D eigenvalue weighted by Crippen LogP contribution is 2.23. The monoisotopic (exact) mass is 396 g/mol. The van der Waals surface area contributed by atoms with Gasteiger partial charge in [0.1, 0.15) is 11.9 Å². The van der Waals surface area contributed by atoms with Gasteiger partial charge in [0, 0.05) is 19.6 Å². The van der Waals surface area contributed by atoms with Crippen molar-refractivity contribution >= 4 is 17.5 Å². The fourth-order valence-corrected chi connectivity index (χ4v) is 3.66. The summed E-state index contributed by atoms with van der Waals surface area (Å²) >= 11 is 0. The number of anilines is 2. The van der Waals surface area contributed by atoms with Crippen molar-refractivity contribution in [1.82, 2.24) is 9.88 Å². The lowest BCUT2D eigenvalue weighted by Crippen LogP contribution is -2.44. The molecule has 1 atom stereocenters. The van der Waals surface area contributed by atoms with Gasteiger partial charge in [-0.15, -0.1) is 0 Å². The summed E-state index contributed by atoms with van der Waals surface area (Å²) in [4.78, 5) is 21.2. The molecule has 1 unspecified atom stereocenters. The fourth-order valence-electron chi connectivity index (χ4n) is 3.66. The molecule has 3 heterocycles. The minimum Gasteiger partial charge on any atom is -0.378 e. The molecule has 2 aliphatic heterocycles. The molecular weight excluding hydrogens is 368 g/mol. The van der Waals surface area contributed by atoms with Gasteiger partial charge in [0.2, 0.25) is 0 Å². The molecule has 0 aliphatic carbocycles. The Morgan fingerprint density at radius 2 is 1.90 bits per heavy atom. The molecule has 2 aromatic rings. The van der Waals surface area contributed by atoms with Crippen molar-refractivity contribution in [3.05, 3.63) is 53.7 Å². The summed E-state index contributed by atoms with van der Waals surface area (Å²) in [7, 11) is 0. The Bertz CT molecular complexity index is 804. The third kappa shape index (κ3) is 4.86. The molecule has 1 aromatic carbocycles. The van der Waals surface area contributed by atoms with Crippen LogP contribution in [0.5, 0.6) is 0 Å². The SMILES string of the molecule is CCc1ccc(C2CN(C(=O)Nc3ccc(N4CCOCC4)cn3)CCO2)cc1. The molecule has 1 aromatic heterocycles. The molecule has 4 rings (SSSR count). The van der Waals surface area contributed by atoms with Gasteiger partial charge >= 0.3 is 6.03 Å². The number of nitrogens with zero attached hydrogens (tertiary/aromatic N) is 3. The van der Waals surface area contributed by atoms with Crippen molar-refractivity contribution in [1.29, 1.82) is 0 Å². The molecule has 0 spiro atoms. The van der Waals surface area contributed by atoms with E-state index >= 15 is 0 Å². The van der Waals surface area contributed by atoms with E-state index in [0.29, 0.717) is 25.5 Å². The Hall–Kier alpha value is -2.64. The van der Waals surface area contributed by atoms with Gasteiger partial charge in [0.05, 0.1) is 38.2 Å². The van der Waals surface area contributed by atoms with Crippen molar-refractivity contribution in [2.24, 2.45) is 0 Å². The number of benzene rings is 1. The Balaban J connectivity index is 1.35. The second-order valence-electron chi connectivity index (χ2n) is 7.33. The zero-order valence-corrected chi connectivity index (χ0v) is 16.8. The van der Waals surface area contributed by atoms with Crippen LogP contribution in [-0.2, 0) is 15.9 Å². The molecule has 2 aliphatic rings. The van der Waals surface area contributed by atoms with E-state index in [2.05, 4.69) is 46.4 Å². The standard InChI is InChI=1S/C22H28N4O3/c1-2-17-3-5-18(6-4-17)20-16-26(11-14-29-20)22(27)24-21-8-7-19(15-23-21)25-9-12-28-13-10-25/h3-8,15,20H,2,9-14,16H2,1H3,(H,23,24,27). The van der Waals surface area contributed by atoms with Crippen LogP contribution in [0.15, 0.2) is 42.6 Å². The minimum absolute atomic E-state index is 0.0999. The van der Waals surface area contributed by atoms with E-state index in [1.165, 1.54) is 5.56 Å². The molecule has 0 saturated carbocycles. The van der Waals surface area contributed by atoms with Crippen molar-refractivity contribution in [2.45, 2.75) is 19.4 Å². The third-order valence-electron chi connectivity index (χ3n) is 5.47. The molecule has 2 fully saturated rings. The van der Waals surface area contributed by atoms with E-state index in [1.807, 2.05) is 12.1 Å². The van der Waals surface area contributed by atoms with Crippen LogP contribution >= 0.6 is 0 Å². The van der Waals surface area contributed by atoms with Crippen molar-refractivity contribution < 1.29 is 14.3 Å². The molecule has 7 nitrogen and oxygen atoms in total. The van der Waals surface area contributed by atoms with Gasteiger partial charge in [0.15, 0.2) is 0 Å². The van der Waals surface area contributed by atoms with Crippen LogP contribution in [0.3, 0.4) is 0 Å². The van der Waals surface area contributed by atoms with Gasteiger partial charge in [-0.25, -0.2) is 9.78 Å². The van der Waals surface area contributed by atoms with E-state index in [1.54, 1.807) is 11.1 Å². The number of pyridine rings is 1. The van der Waals surface area contributed by atoms with Crippen molar-refractivity contribution in [2.75, 3.05) is 56.2 Å². The Morgan fingerprint density at radius 1 is 1.10 bits per heavy atom. The van der Waals surface area contributed by atoms with Crippen molar-refractivity contribution in [3.63, 3.8) is 0 Å². The lowest BCUT2D eigenvalue weighted by Gasteiger charge is -2.33. The molecule has 1 N–H and O–H groups in total. The number of aromatic nitrogens is 1. The maximum absolute atomic E-state index is 12.7. The Kier molecular flexibility index (Phi) is 6.27. The third-order valence-corrected chi connectivity index (χ3v) is 5.47. The number of morpholine rings is 2. The predicted molar refractivity (Wildman–Crippen MR) is 112 cm³/mol. The molecule has 0 bridgehead atoms. The number of urea groups is 1. The first-order chi connectivity index (χ1) is 14.2. The molecule has 0 radical (unpaired) electrons. The number of ether oxygens (including phenoxy) is 2. The smallest absolute Gasteiger partial charge is 0.323 e. The summed E-state index contributed by atoms with van der Waals surface area (Å²) in [6, 6.07) is 12.1. The number of nitrogens with one attached hydrogen (secondary N) is 1. The first-order valence-corrected chi connectivity index (χ1v) is 10.3. The summed E-state index contributed by atoms with van der Waals surface area (Å²) in [5, 5.41) is 2.91. The molecular formula is C22H28N4O3. The second-order valence-corrected chi connectivity index (χ2v) is 7.33. The highest BCUT2D eigenvalue weighted by Gasteiger charge is 2.25. The van der Waals surface area contributed by atoms with Gasteiger partial charge in [-0.2, -0.15) is 0 Å². The quantitative estimate of drug-likeness (QED) is 0.860. The average Bonchev–Trinajstić information content (AvgIpc) is 2.80. The average molecular weight is 396 g/mol. The Labute approximate surface area is 171 Å². The molecule has 2 amide bonds. The summed E-state index contributed by atoms with van der Waals surface area (Å²) < 4.78 is 11.3. The second kappa shape index (κ2) is 9.24. The molecule has 7 heteroatoms. The summed E-state index contributed by atoms with van der Waals surface area (Å²) in [6.07, 6.45) is 2.72. The maximum Gasteiger partial charge on any atom is 0.323 e. The van der Waals surface area contributed by atoms with E-state index in [-0.39, 0.29) is 12.1 Å². The van der Waals surface area contributed by atoms with Crippen LogP contribution in [0, 0.1) is 0 Å². The van der Waals surface area contributed by atoms with E-state index in [0.717, 1.165) is 44.0 Å². The number of amides is 2. The number of aryl methyl sites for hydroxylation is 1. The van der Waals surface area contributed by atoms with Gasteiger partial charge in [-0.05, 0) is 29.7 Å². The van der Waals surface area contributed by atoms with E-state index < -0.39 is 0 Å². The molecule has 29 heavy (non-hydrogen) atoms. The first-order valence-electron chi connectivity index (χ1n) is 10.3. The predicted octanol–water partition coefficient (Wildman–Crippen LogP) is 3.09. The van der Waals surface area contributed by atoms with Crippen LogP contribution in [0.25, 0.3) is 0 Å². The van der Waals surface area contributed by atoms with Gasteiger partial charge in [-0.3, -0.25) is 5.32 Å². The minimum atomic E-state index is -0.143. The molecule has 154 valence electrons. The van der Waals surface area contributed by atoms with E-state index in [9.17, 15) is 4.79 Å². The van der Waals surface area contributed by atoms with Gasteiger partial charge in [-0.1, -0.05) is 31.2 Å². The van der Waals surface area contributed by atoms with Gasteiger partial charge < -0.3 is 19.3 Å². The van der Waals surface area contributed by atoms with Crippen LogP contribution in [-0.4, -0.2) is 61.9 Å². The summed E-state index contributed by atoms with van der Waals surface area (Å²) in [5.74, 6) is 0.558. The first kappa shape index (κ1) is 19.7. The normalized spacial score (nSPS) is 19.8. The largest absolute Gasteiger partial charge is 0.378 e. The van der Waals surface area contributed by atoms with Crippen LogP contribution in [0.2, 0.25) is 0 Å². The van der Waals surface area contributed by atoms with Crippen molar-refractivity contribution in [3.8, 4) is 0 Å². The summed E-state index contributed by atoms with van der Waals surface area (Å²) in [6.45, 7) is 6.96. The lowest BCUT2D eigenvalue weighted by molar-refractivity contribution is -0.0135. The van der Waals surface area contributed by atoms with Crippen LogP contribution < -0.4 is 10.2 Å². The number of rotatable bonds is 4. The number of carbonyl (C=O) groups excluding carboxylic acids is 1. The topological polar surface area (TPSA) is 66.9 Å². The number of hydrogen-bond acceptors (Lipinski definition) is 5. The van der Waals surface area contributed by atoms with Crippen LogP contribution in [0.1, 0.15) is 24.2 Å². The maximum atomic E-state index is 12.7. The van der Waals surface area contributed by atoms with Gasteiger partial charge in [0.25, 0.3) is 0 Å². The van der Waals surface area contributed by atoms with Crippen LogP contribution in [0.4, 0.5) is 16.3 Å². The highest BCUT2D eigenvalue weighted by molar-refractivity contribution is 5.88. The zero-order chi connectivity index (χ0) is 20.1. The Morgan fingerprint density at radius 3 is 2.59 bits per heavy atom. The zero-order valence-electron chi connectivity index (χ0n) is 16.8. The molecule has 2 saturated heterocycles. The summed E-state index contributed by atoms with van der Waals surface area (Å²) in [5.41, 5.74) is 3.45. The lowest BCUT2D eigenvalue weighted by atomic mass is 10.0.